The lowest BCUT2D eigenvalue weighted by atomic mass is 9.95. The molecule has 1 nitrogen and oxygen atoms in total. The molecule has 0 N–H and O–H groups in total. The van der Waals surface area contributed by atoms with E-state index in [1.165, 1.54) is 10.9 Å². The molecule has 2 heteroatoms. The molecule has 1 heterocycles. The Hall–Kier alpha value is -0.890. The van der Waals surface area contributed by atoms with E-state index in [2.05, 4.69) is 59.0 Å². The van der Waals surface area contributed by atoms with Crippen LogP contribution in [-0.4, -0.2) is 9.81 Å². The van der Waals surface area contributed by atoms with Crippen LogP contribution in [0.2, 0.25) is 0 Å². The van der Waals surface area contributed by atoms with Crippen molar-refractivity contribution < 1.29 is 0 Å². The number of para-hydroxylation sites is 1. The van der Waals surface area contributed by atoms with E-state index in [-0.39, 0.29) is 0 Å². The topological polar surface area (TPSA) is 12.9 Å². The first kappa shape index (κ1) is 10.6. The fourth-order valence-electron chi connectivity index (χ4n) is 1.76. The van der Waals surface area contributed by atoms with Crippen LogP contribution < -0.4 is 0 Å². The molecule has 0 radical (unpaired) electrons. The molecule has 1 aromatic carbocycles. The van der Waals surface area contributed by atoms with E-state index < -0.39 is 0 Å². The fraction of sp³-hybridized carbons (Fsp3) is 0.308. The summed E-state index contributed by atoms with van der Waals surface area (Å²) in [5, 5.41) is 1.26. The molecule has 78 valence electrons. The summed E-state index contributed by atoms with van der Waals surface area (Å²) in [6.45, 7) is 4.42. The van der Waals surface area contributed by atoms with Gasteiger partial charge in [-0.05, 0) is 23.6 Å². The highest BCUT2D eigenvalue weighted by molar-refractivity contribution is 9.09. The standard InChI is InChI=1S/C13H14BrN/c1-9(10(2)14)11-7-8-15-13-6-4-3-5-12(11)13/h3-10H,1-2H3. The molecular weight excluding hydrogens is 250 g/mol. The van der Waals surface area contributed by atoms with Crippen molar-refractivity contribution in [1.29, 1.82) is 0 Å². The van der Waals surface area contributed by atoms with Crippen LogP contribution in [-0.2, 0) is 0 Å². The number of benzene rings is 1. The van der Waals surface area contributed by atoms with Gasteiger partial charge in [-0.1, -0.05) is 48.0 Å². The fourth-order valence-corrected chi connectivity index (χ4v) is 2.05. The summed E-state index contributed by atoms with van der Waals surface area (Å²) in [5.74, 6) is 0.498. The Morgan fingerprint density at radius 2 is 1.87 bits per heavy atom. The first-order valence-electron chi connectivity index (χ1n) is 5.18. The molecule has 15 heavy (non-hydrogen) atoms. The van der Waals surface area contributed by atoms with Crippen LogP contribution in [0, 0.1) is 0 Å². The van der Waals surface area contributed by atoms with Crippen LogP contribution in [0.4, 0.5) is 0 Å². The van der Waals surface area contributed by atoms with E-state index >= 15 is 0 Å². The minimum Gasteiger partial charge on any atom is -0.256 e. The van der Waals surface area contributed by atoms with E-state index in [9.17, 15) is 0 Å². The van der Waals surface area contributed by atoms with Crippen LogP contribution in [0.3, 0.4) is 0 Å². The number of halogens is 1. The molecule has 0 spiro atoms. The molecule has 0 fully saturated rings. The van der Waals surface area contributed by atoms with Gasteiger partial charge in [-0.3, -0.25) is 4.98 Å². The van der Waals surface area contributed by atoms with Crippen LogP contribution in [0.5, 0.6) is 0 Å². The summed E-state index contributed by atoms with van der Waals surface area (Å²) in [7, 11) is 0. The van der Waals surface area contributed by atoms with E-state index in [4.69, 9.17) is 0 Å². The van der Waals surface area contributed by atoms with Gasteiger partial charge >= 0.3 is 0 Å². The normalized spacial score (nSPS) is 15.1. The molecule has 0 aliphatic heterocycles. The van der Waals surface area contributed by atoms with Crippen LogP contribution in [0.25, 0.3) is 10.9 Å². The molecule has 0 aliphatic rings. The van der Waals surface area contributed by atoms with E-state index in [1.807, 2.05) is 12.3 Å². The minimum absolute atomic E-state index is 0.475. The summed E-state index contributed by atoms with van der Waals surface area (Å²) >= 11 is 3.64. The zero-order valence-corrected chi connectivity index (χ0v) is 10.5. The van der Waals surface area contributed by atoms with Crippen molar-refractivity contribution in [1.82, 2.24) is 4.98 Å². The zero-order chi connectivity index (χ0) is 10.8. The minimum atomic E-state index is 0.475. The molecule has 2 unspecified atom stereocenters. The number of aromatic nitrogens is 1. The van der Waals surface area contributed by atoms with Gasteiger partial charge < -0.3 is 0 Å². The number of alkyl halides is 1. The molecule has 0 amide bonds. The van der Waals surface area contributed by atoms with Crippen LogP contribution >= 0.6 is 15.9 Å². The highest BCUT2D eigenvalue weighted by Gasteiger charge is 2.13. The highest BCUT2D eigenvalue weighted by Crippen LogP contribution is 2.29. The maximum atomic E-state index is 4.37. The lowest BCUT2D eigenvalue weighted by Gasteiger charge is -2.16. The van der Waals surface area contributed by atoms with Crippen LogP contribution in [0.1, 0.15) is 25.3 Å². The van der Waals surface area contributed by atoms with Gasteiger partial charge in [0.05, 0.1) is 5.52 Å². The molecule has 1 aromatic heterocycles. The smallest absolute Gasteiger partial charge is 0.0704 e. The average Bonchev–Trinajstić information content (AvgIpc) is 2.27. The number of hydrogen-bond acceptors (Lipinski definition) is 1. The largest absolute Gasteiger partial charge is 0.256 e. The van der Waals surface area contributed by atoms with Gasteiger partial charge in [-0.15, -0.1) is 0 Å². The van der Waals surface area contributed by atoms with E-state index in [1.54, 1.807) is 0 Å². The predicted octanol–water partition coefficient (Wildman–Crippen LogP) is 4.12. The maximum absolute atomic E-state index is 4.37. The van der Waals surface area contributed by atoms with Crippen molar-refractivity contribution in [3.8, 4) is 0 Å². The van der Waals surface area contributed by atoms with Crippen molar-refractivity contribution in [3.63, 3.8) is 0 Å². The molecule has 2 atom stereocenters. The lowest BCUT2D eigenvalue weighted by Crippen LogP contribution is -2.05. The second-order valence-corrected chi connectivity index (χ2v) is 5.33. The average molecular weight is 264 g/mol. The van der Waals surface area contributed by atoms with Gasteiger partial charge in [-0.2, -0.15) is 0 Å². The molecule has 0 saturated heterocycles. The number of rotatable bonds is 2. The second-order valence-electron chi connectivity index (χ2n) is 3.88. The van der Waals surface area contributed by atoms with Crippen molar-refractivity contribution in [2.75, 3.05) is 0 Å². The van der Waals surface area contributed by atoms with Crippen molar-refractivity contribution in [2.24, 2.45) is 0 Å². The monoisotopic (exact) mass is 263 g/mol. The SMILES string of the molecule is CC(Br)C(C)c1ccnc2ccccc12. The summed E-state index contributed by atoms with van der Waals surface area (Å²) < 4.78 is 0. The number of fused-ring (bicyclic) bond motifs is 1. The summed E-state index contributed by atoms with van der Waals surface area (Å²) in [5.41, 5.74) is 2.44. The molecule has 0 aliphatic carbocycles. The number of pyridine rings is 1. The van der Waals surface area contributed by atoms with E-state index in [0.29, 0.717) is 10.7 Å². The van der Waals surface area contributed by atoms with Crippen LogP contribution in [0.15, 0.2) is 36.5 Å². The Morgan fingerprint density at radius 3 is 2.60 bits per heavy atom. The van der Waals surface area contributed by atoms with E-state index in [0.717, 1.165) is 5.52 Å². The summed E-state index contributed by atoms with van der Waals surface area (Å²) in [6, 6.07) is 10.4. The quantitative estimate of drug-likeness (QED) is 0.743. The summed E-state index contributed by atoms with van der Waals surface area (Å²) in [4.78, 5) is 4.84. The molecule has 2 rings (SSSR count). The number of nitrogens with zero attached hydrogens (tertiary/aromatic N) is 1. The molecule has 0 saturated carbocycles. The van der Waals surface area contributed by atoms with Gasteiger partial charge in [0.15, 0.2) is 0 Å². The van der Waals surface area contributed by atoms with Gasteiger partial charge in [0, 0.05) is 16.4 Å². The third kappa shape index (κ3) is 2.05. The van der Waals surface area contributed by atoms with Gasteiger partial charge in [0.25, 0.3) is 0 Å². The van der Waals surface area contributed by atoms with Crippen molar-refractivity contribution >= 4 is 26.8 Å². The highest BCUT2D eigenvalue weighted by atomic mass is 79.9. The molecule has 0 bridgehead atoms. The Bertz CT molecular complexity index is 460. The third-order valence-electron chi connectivity index (χ3n) is 2.86. The Morgan fingerprint density at radius 1 is 1.13 bits per heavy atom. The lowest BCUT2D eigenvalue weighted by molar-refractivity contribution is 0.767. The first-order valence-corrected chi connectivity index (χ1v) is 6.09. The van der Waals surface area contributed by atoms with Gasteiger partial charge in [0.2, 0.25) is 0 Å². The third-order valence-corrected chi connectivity index (χ3v) is 3.66. The molecular formula is C13H14BrN. The Balaban J connectivity index is 2.60. The first-order chi connectivity index (χ1) is 7.20. The zero-order valence-electron chi connectivity index (χ0n) is 8.94. The van der Waals surface area contributed by atoms with Gasteiger partial charge in [-0.25, -0.2) is 0 Å². The molecule has 2 aromatic rings. The maximum Gasteiger partial charge on any atom is 0.0704 e. The number of hydrogen-bond donors (Lipinski definition) is 0. The second kappa shape index (κ2) is 4.31. The Labute approximate surface area is 98.7 Å². The predicted molar refractivity (Wildman–Crippen MR) is 68.5 cm³/mol. The Kier molecular flexibility index (Phi) is 3.06. The van der Waals surface area contributed by atoms with Crippen molar-refractivity contribution in [3.05, 3.63) is 42.1 Å². The van der Waals surface area contributed by atoms with Crippen molar-refractivity contribution in [2.45, 2.75) is 24.6 Å². The summed E-state index contributed by atoms with van der Waals surface area (Å²) in [6.07, 6.45) is 1.89. The van der Waals surface area contributed by atoms with Gasteiger partial charge in [0.1, 0.15) is 0 Å².